The lowest BCUT2D eigenvalue weighted by molar-refractivity contribution is 0.660. The number of furan rings is 3. The van der Waals surface area contributed by atoms with Crippen molar-refractivity contribution in [2.24, 2.45) is 0 Å². The minimum absolute atomic E-state index is 0.689. The highest BCUT2D eigenvalue weighted by Crippen LogP contribution is 2.47. The second kappa shape index (κ2) is 10.8. The summed E-state index contributed by atoms with van der Waals surface area (Å²) in [5.74, 6) is 0.689. The Bertz CT molecular complexity index is 3060. The third-order valence-electron chi connectivity index (χ3n) is 9.91. The predicted molar refractivity (Wildman–Crippen MR) is 206 cm³/mol. The zero-order valence-electron chi connectivity index (χ0n) is 27.1. The second-order valence-electron chi connectivity index (χ2n) is 12.9. The van der Waals surface area contributed by atoms with Gasteiger partial charge in [0, 0.05) is 49.2 Å². The van der Waals surface area contributed by atoms with Gasteiger partial charge in [0.15, 0.2) is 5.82 Å². The topological polar surface area (TPSA) is 65.2 Å². The fourth-order valence-corrected chi connectivity index (χ4v) is 7.52. The molecule has 0 fully saturated rings. The minimum Gasteiger partial charge on any atom is -0.456 e. The molecule has 0 atom stereocenters. The lowest BCUT2D eigenvalue weighted by atomic mass is 9.96. The molecule has 51 heavy (non-hydrogen) atoms. The van der Waals surface area contributed by atoms with Gasteiger partial charge in [0.05, 0.1) is 16.8 Å². The molecule has 0 aliphatic rings. The standard InChI is InChI=1S/C46H26N2O3/c1-3-11-28(12-4-1)35-26-36(48-46(47-35)30-13-5-2-6-14-30)29-21-19-27(20-22-29)34-25-40-42(41-33-16-8-10-18-38(33)51-45(34)41)43-39(49-40)24-23-32-31-15-7-9-17-37(31)50-44(32)43/h1-26H. The van der Waals surface area contributed by atoms with Crippen molar-refractivity contribution in [2.75, 3.05) is 0 Å². The molecule has 0 saturated heterocycles. The summed E-state index contributed by atoms with van der Waals surface area (Å²) in [5.41, 5.74) is 11.6. The first-order chi connectivity index (χ1) is 25.3. The Morgan fingerprint density at radius 1 is 0.333 bits per heavy atom. The molecule has 0 radical (unpaired) electrons. The molecule has 0 spiro atoms. The van der Waals surface area contributed by atoms with Gasteiger partial charge in [-0.15, -0.1) is 0 Å². The summed E-state index contributed by atoms with van der Waals surface area (Å²) in [5, 5.41) is 6.17. The van der Waals surface area contributed by atoms with Crippen molar-refractivity contribution in [3.05, 3.63) is 158 Å². The lowest BCUT2D eigenvalue weighted by Crippen LogP contribution is -1.95. The van der Waals surface area contributed by atoms with Crippen LogP contribution in [0.15, 0.2) is 171 Å². The van der Waals surface area contributed by atoms with E-state index in [1.807, 2.05) is 78.9 Å². The summed E-state index contributed by atoms with van der Waals surface area (Å²) in [7, 11) is 0. The summed E-state index contributed by atoms with van der Waals surface area (Å²) >= 11 is 0. The third kappa shape index (κ3) is 4.28. The van der Waals surface area contributed by atoms with Crippen LogP contribution in [-0.4, -0.2) is 9.97 Å². The first-order valence-electron chi connectivity index (χ1n) is 17.0. The Morgan fingerprint density at radius 3 is 1.67 bits per heavy atom. The van der Waals surface area contributed by atoms with Crippen LogP contribution in [0.1, 0.15) is 0 Å². The van der Waals surface area contributed by atoms with Crippen LogP contribution in [0.3, 0.4) is 0 Å². The smallest absolute Gasteiger partial charge is 0.160 e. The summed E-state index contributed by atoms with van der Waals surface area (Å²) in [6.45, 7) is 0. The van der Waals surface area contributed by atoms with Gasteiger partial charge in [0.2, 0.25) is 0 Å². The molecular weight excluding hydrogens is 629 g/mol. The monoisotopic (exact) mass is 654 g/mol. The number of rotatable bonds is 4. The Morgan fingerprint density at radius 2 is 0.922 bits per heavy atom. The molecule has 4 aromatic heterocycles. The zero-order chi connectivity index (χ0) is 33.5. The van der Waals surface area contributed by atoms with Gasteiger partial charge in [-0.25, -0.2) is 9.97 Å². The summed E-state index contributed by atoms with van der Waals surface area (Å²) < 4.78 is 19.8. The van der Waals surface area contributed by atoms with E-state index in [-0.39, 0.29) is 0 Å². The van der Waals surface area contributed by atoms with E-state index in [2.05, 4.69) is 78.9 Å². The molecule has 7 aromatic carbocycles. The molecule has 0 N–H and O–H groups in total. The van der Waals surface area contributed by atoms with Crippen LogP contribution >= 0.6 is 0 Å². The molecular formula is C46H26N2O3. The van der Waals surface area contributed by atoms with E-state index in [4.69, 9.17) is 23.2 Å². The van der Waals surface area contributed by atoms with Crippen molar-refractivity contribution >= 4 is 65.8 Å². The van der Waals surface area contributed by atoms with E-state index >= 15 is 0 Å². The molecule has 5 heteroatoms. The molecule has 4 heterocycles. The van der Waals surface area contributed by atoms with Gasteiger partial charge in [0.25, 0.3) is 0 Å². The fourth-order valence-electron chi connectivity index (χ4n) is 7.52. The number of fused-ring (bicyclic) bond motifs is 11. The average molecular weight is 655 g/mol. The molecule has 0 aliphatic heterocycles. The van der Waals surface area contributed by atoms with E-state index in [1.165, 1.54) is 0 Å². The zero-order valence-corrected chi connectivity index (χ0v) is 27.1. The van der Waals surface area contributed by atoms with Crippen molar-refractivity contribution in [2.45, 2.75) is 0 Å². The molecule has 5 nitrogen and oxygen atoms in total. The van der Waals surface area contributed by atoms with Crippen molar-refractivity contribution in [1.82, 2.24) is 9.97 Å². The Labute approximate surface area is 291 Å². The number of para-hydroxylation sites is 2. The average Bonchev–Trinajstić information content (AvgIpc) is 3.89. The maximum atomic E-state index is 6.69. The van der Waals surface area contributed by atoms with E-state index in [0.717, 1.165) is 105 Å². The van der Waals surface area contributed by atoms with Gasteiger partial charge in [-0.2, -0.15) is 0 Å². The molecule has 0 aliphatic carbocycles. The molecule has 11 rings (SSSR count). The number of nitrogens with zero attached hydrogens (tertiary/aromatic N) is 2. The second-order valence-corrected chi connectivity index (χ2v) is 12.9. The van der Waals surface area contributed by atoms with Crippen LogP contribution in [0.5, 0.6) is 0 Å². The van der Waals surface area contributed by atoms with Gasteiger partial charge in [-0.1, -0.05) is 121 Å². The van der Waals surface area contributed by atoms with Crippen LogP contribution in [0, 0.1) is 0 Å². The van der Waals surface area contributed by atoms with Crippen LogP contribution in [0.25, 0.3) is 111 Å². The van der Waals surface area contributed by atoms with Crippen molar-refractivity contribution < 1.29 is 13.3 Å². The number of aromatic nitrogens is 2. The van der Waals surface area contributed by atoms with Crippen molar-refractivity contribution in [1.29, 1.82) is 0 Å². The van der Waals surface area contributed by atoms with E-state index < -0.39 is 0 Å². The Kier molecular flexibility index (Phi) is 5.89. The van der Waals surface area contributed by atoms with Gasteiger partial charge in [-0.3, -0.25) is 0 Å². The van der Waals surface area contributed by atoms with Gasteiger partial charge >= 0.3 is 0 Å². The highest BCUT2D eigenvalue weighted by molar-refractivity contribution is 6.33. The SMILES string of the molecule is c1ccc(-c2cc(-c3ccc(-c4cc5oc6ccc7c8ccccc8oc7c6c5c5c4oc4ccccc45)cc3)nc(-c3ccccc3)n2)cc1. The normalized spacial score (nSPS) is 11.9. The predicted octanol–water partition coefficient (Wildman–Crippen LogP) is 12.8. The van der Waals surface area contributed by atoms with E-state index in [9.17, 15) is 0 Å². The minimum atomic E-state index is 0.689. The fraction of sp³-hybridized carbons (Fsp3) is 0. The van der Waals surface area contributed by atoms with Crippen LogP contribution < -0.4 is 0 Å². The van der Waals surface area contributed by atoms with E-state index in [1.54, 1.807) is 0 Å². The van der Waals surface area contributed by atoms with Crippen molar-refractivity contribution in [3.63, 3.8) is 0 Å². The number of benzene rings is 7. The first kappa shape index (κ1) is 27.9. The third-order valence-corrected chi connectivity index (χ3v) is 9.91. The van der Waals surface area contributed by atoms with Crippen LogP contribution in [-0.2, 0) is 0 Å². The molecule has 0 unspecified atom stereocenters. The number of hydrogen-bond acceptors (Lipinski definition) is 5. The highest BCUT2D eigenvalue weighted by Gasteiger charge is 2.23. The summed E-state index contributed by atoms with van der Waals surface area (Å²) in [6.07, 6.45) is 0. The summed E-state index contributed by atoms with van der Waals surface area (Å²) in [6, 6.07) is 53.6. The maximum Gasteiger partial charge on any atom is 0.160 e. The quantitative estimate of drug-likeness (QED) is 0.189. The molecule has 11 aromatic rings. The van der Waals surface area contributed by atoms with Crippen LogP contribution in [0.2, 0.25) is 0 Å². The maximum absolute atomic E-state index is 6.69. The lowest BCUT2D eigenvalue weighted by Gasteiger charge is -2.10. The Hall–Kier alpha value is -6.98. The molecule has 0 amide bonds. The largest absolute Gasteiger partial charge is 0.456 e. The molecule has 0 bridgehead atoms. The highest BCUT2D eigenvalue weighted by atomic mass is 16.3. The summed E-state index contributed by atoms with van der Waals surface area (Å²) in [4.78, 5) is 9.99. The van der Waals surface area contributed by atoms with Crippen LogP contribution in [0.4, 0.5) is 0 Å². The Balaban J connectivity index is 1.11. The van der Waals surface area contributed by atoms with E-state index in [0.29, 0.717) is 5.82 Å². The number of hydrogen-bond donors (Lipinski definition) is 0. The molecule has 238 valence electrons. The molecule has 0 saturated carbocycles. The van der Waals surface area contributed by atoms with Gasteiger partial charge < -0.3 is 13.3 Å². The van der Waals surface area contributed by atoms with Gasteiger partial charge in [-0.05, 0) is 42.0 Å². The van der Waals surface area contributed by atoms with Gasteiger partial charge in [0.1, 0.15) is 33.5 Å². The first-order valence-corrected chi connectivity index (χ1v) is 17.0. The van der Waals surface area contributed by atoms with Crippen molar-refractivity contribution in [3.8, 4) is 45.0 Å².